The minimum absolute atomic E-state index is 0.385. The fraction of sp³-hybridized carbons (Fsp3) is 0.211. The van der Waals surface area contributed by atoms with Crippen molar-refractivity contribution >= 4 is 18.1 Å². The van der Waals surface area contributed by atoms with Gasteiger partial charge in [0.2, 0.25) is 6.10 Å². The van der Waals surface area contributed by atoms with Crippen LogP contribution in [0.25, 0.3) is 0 Å². The highest BCUT2D eigenvalue weighted by atomic mass is 16.6. The van der Waals surface area contributed by atoms with E-state index in [-0.39, 0.29) is 5.91 Å². The summed E-state index contributed by atoms with van der Waals surface area (Å²) in [5.41, 5.74) is 0. The lowest BCUT2D eigenvalue weighted by Gasteiger charge is -2.46. The van der Waals surface area contributed by atoms with Crippen molar-refractivity contribution in [3.8, 4) is 0 Å². The van der Waals surface area contributed by atoms with Crippen LogP contribution in [0.2, 0.25) is 0 Å². The molecule has 4 heterocycles. The zero-order valence-corrected chi connectivity index (χ0v) is 14.3. The van der Waals surface area contributed by atoms with Crippen LogP contribution >= 0.6 is 0 Å². The Kier molecular flexibility index (Phi) is 4.37. The van der Waals surface area contributed by atoms with E-state index in [1.165, 1.54) is 36.8 Å². The number of aliphatic imine (C=N–C) groups is 1. The summed E-state index contributed by atoms with van der Waals surface area (Å²) in [5, 5.41) is 0. The highest BCUT2D eigenvalue weighted by Crippen LogP contribution is 2.44. The molecule has 0 spiro atoms. The molecule has 3 aromatic rings. The van der Waals surface area contributed by atoms with Crippen LogP contribution in [0.3, 0.4) is 0 Å². The monoisotopic (exact) mass is 368 g/mol. The molecule has 1 saturated heterocycles. The Bertz CT molecular complexity index is 927. The van der Waals surface area contributed by atoms with E-state index in [4.69, 9.17) is 18.0 Å². The lowest BCUT2D eigenvalue weighted by molar-refractivity contribution is -0.189. The highest BCUT2D eigenvalue weighted by molar-refractivity contribution is 5.91. The first-order valence-corrected chi connectivity index (χ1v) is 8.28. The standard InChI is InChI=1S/C19H16N2O6/c1-12(22)27-17-16(14-6-3-9-25-14)21(19(17)23)18(15-7-4-10-26-15)20-11-13-5-2-8-24-13/h2-11,16-18H,1H3. The number of β-lactam (4-membered cyclic amide) rings is 1. The van der Waals surface area contributed by atoms with Crippen LogP contribution in [-0.4, -0.2) is 29.1 Å². The predicted molar refractivity (Wildman–Crippen MR) is 91.6 cm³/mol. The molecule has 1 aliphatic heterocycles. The Hall–Kier alpha value is -3.55. The van der Waals surface area contributed by atoms with Crippen molar-refractivity contribution in [2.75, 3.05) is 0 Å². The normalized spacial score (nSPS) is 20.6. The van der Waals surface area contributed by atoms with Gasteiger partial charge in [0, 0.05) is 6.92 Å². The van der Waals surface area contributed by atoms with Gasteiger partial charge in [-0.1, -0.05) is 0 Å². The summed E-state index contributed by atoms with van der Waals surface area (Å²) in [5.74, 6) is 0.558. The number of likely N-dealkylation sites (tertiary alicyclic amines) is 1. The maximum Gasteiger partial charge on any atom is 0.303 e. The number of amides is 1. The van der Waals surface area contributed by atoms with E-state index >= 15 is 0 Å². The molecule has 3 aromatic heterocycles. The number of ether oxygens (including phenoxy) is 1. The van der Waals surface area contributed by atoms with Gasteiger partial charge in [0.05, 0.1) is 25.0 Å². The van der Waals surface area contributed by atoms with Gasteiger partial charge in [-0.2, -0.15) is 0 Å². The molecule has 0 N–H and O–H groups in total. The van der Waals surface area contributed by atoms with Crippen LogP contribution in [0.1, 0.15) is 36.4 Å². The fourth-order valence-corrected chi connectivity index (χ4v) is 3.02. The van der Waals surface area contributed by atoms with Crippen LogP contribution in [0.5, 0.6) is 0 Å². The van der Waals surface area contributed by atoms with Crippen LogP contribution in [0.15, 0.2) is 73.4 Å². The summed E-state index contributed by atoms with van der Waals surface area (Å²) in [7, 11) is 0. The second kappa shape index (κ2) is 6.99. The quantitative estimate of drug-likeness (QED) is 0.377. The van der Waals surface area contributed by atoms with Crippen molar-refractivity contribution in [1.29, 1.82) is 0 Å². The maximum absolute atomic E-state index is 12.8. The van der Waals surface area contributed by atoms with Gasteiger partial charge in [0.15, 0.2) is 6.17 Å². The molecule has 138 valence electrons. The van der Waals surface area contributed by atoms with Crippen molar-refractivity contribution in [2.45, 2.75) is 25.2 Å². The van der Waals surface area contributed by atoms with Gasteiger partial charge < -0.3 is 18.0 Å². The molecule has 1 fully saturated rings. The lowest BCUT2D eigenvalue weighted by atomic mass is 9.94. The SMILES string of the molecule is CC(=O)OC1C(=O)N(C(N=Cc2ccco2)c2ccco2)C1c1ccco1. The Morgan fingerprint density at radius 1 is 1.15 bits per heavy atom. The van der Waals surface area contributed by atoms with Gasteiger partial charge in [0.25, 0.3) is 5.91 Å². The van der Waals surface area contributed by atoms with Gasteiger partial charge in [-0.15, -0.1) is 0 Å². The van der Waals surface area contributed by atoms with Crippen molar-refractivity contribution in [3.63, 3.8) is 0 Å². The number of hydrogen-bond donors (Lipinski definition) is 0. The van der Waals surface area contributed by atoms with Crippen molar-refractivity contribution in [2.24, 2.45) is 4.99 Å². The third-order valence-electron chi connectivity index (χ3n) is 4.16. The topological polar surface area (TPSA) is 98.4 Å². The molecule has 1 amide bonds. The average molecular weight is 368 g/mol. The minimum atomic E-state index is -0.968. The van der Waals surface area contributed by atoms with Crippen molar-refractivity contribution in [1.82, 2.24) is 4.90 Å². The summed E-state index contributed by atoms with van der Waals surface area (Å²) in [6, 6.07) is 9.72. The first kappa shape index (κ1) is 16.9. The summed E-state index contributed by atoms with van der Waals surface area (Å²) >= 11 is 0. The first-order valence-electron chi connectivity index (χ1n) is 8.28. The number of hydrogen-bond acceptors (Lipinski definition) is 7. The van der Waals surface area contributed by atoms with Gasteiger partial charge in [-0.05, 0) is 36.4 Å². The molecule has 0 aromatic carbocycles. The van der Waals surface area contributed by atoms with E-state index in [0.717, 1.165) is 0 Å². The van der Waals surface area contributed by atoms with Gasteiger partial charge in [-0.3, -0.25) is 19.5 Å². The Balaban J connectivity index is 1.69. The number of carbonyl (C=O) groups is 2. The molecule has 8 nitrogen and oxygen atoms in total. The average Bonchev–Trinajstić information content (AvgIpc) is 3.42. The molecule has 3 unspecified atom stereocenters. The zero-order valence-electron chi connectivity index (χ0n) is 14.3. The summed E-state index contributed by atoms with van der Waals surface area (Å²) in [6.07, 6.45) is 4.30. The van der Waals surface area contributed by atoms with E-state index in [9.17, 15) is 9.59 Å². The number of carbonyl (C=O) groups excluding carboxylic acids is 2. The van der Waals surface area contributed by atoms with Gasteiger partial charge >= 0.3 is 5.97 Å². The summed E-state index contributed by atoms with van der Waals surface area (Å²) < 4.78 is 21.4. The third-order valence-corrected chi connectivity index (χ3v) is 4.16. The molecule has 3 atom stereocenters. The predicted octanol–water partition coefficient (Wildman–Crippen LogP) is 3.10. The molecule has 1 aliphatic rings. The molecule has 0 aliphatic carbocycles. The van der Waals surface area contributed by atoms with Crippen molar-refractivity contribution < 1.29 is 27.6 Å². The third kappa shape index (κ3) is 3.17. The number of nitrogens with zero attached hydrogens (tertiary/aromatic N) is 2. The van der Waals surface area contributed by atoms with Crippen LogP contribution in [0.4, 0.5) is 0 Å². The lowest BCUT2D eigenvalue weighted by Crippen LogP contribution is -2.60. The van der Waals surface area contributed by atoms with E-state index < -0.39 is 24.3 Å². The first-order chi connectivity index (χ1) is 13.1. The van der Waals surface area contributed by atoms with E-state index in [0.29, 0.717) is 17.3 Å². The Morgan fingerprint density at radius 2 is 1.89 bits per heavy atom. The second-order valence-electron chi connectivity index (χ2n) is 5.92. The molecule has 0 saturated carbocycles. The van der Waals surface area contributed by atoms with Crippen LogP contribution in [0, 0.1) is 0 Å². The molecule has 4 rings (SSSR count). The summed E-state index contributed by atoms with van der Waals surface area (Å²) in [6.45, 7) is 1.26. The molecule has 8 heteroatoms. The van der Waals surface area contributed by atoms with E-state index in [1.54, 1.807) is 36.4 Å². The van der Waals surface area contributed by atoms with Gasteiger partial charge in [-0.25, -0.2) is 0 Å². The molecule has 0 radical (unpaired) electrons. The highest BCUT2D eigenvalue weighted by Gasteiger charge is 2.55. The minimum Gasteiger partial charge on any atom is -0.467 e. The number of furan rings is 3. The summed E-state index contributed by atoms with van der Waals surface area (Å²) in [4.78, 5) is 30.1. The largest absolute Gasteiger partial charge is 0.467 e. The molecule has 0 bridgehead atoms. The number of esters is 1. The van der Waals surface area contributed by atoms with Crippen molar-refractivity contribution in [3.05, 3.63) is 72.5 Å². The van der Waals surface area contributed by atoms with E-state index in [2.05, 4.69) is 4.99 Å². The maximum atomic E-state index is 12.8. The van der Waals surface area contributed by atoms with Crippen LogP contribution < -0.4 is 0 Å². The zero-order chi connectivity index (χ0) is 18.8. The molecular weight excluding hydrogens is 352 g/mol. The van der Waals surface area contributed by atoms with E-state index in [1.807, 2.05) is 0 Å². The smallest absolute Gasteiger partial charge is 0.303 e. The fourth-order valence-electron chi connectivity index (χ4n) is 3.02. The van der Waals surface area contributed by atoms with Gasteiger partial charge in [0.1, 0.15) is 23.3 Å². The van der Waals surface area contributed by atoms with Crippen LogP contribution in [-0.2, 0) is 14.3 Å². The number of rotatable bonds is 6. The Labute approximate surface area is 154 Å². The Morgan fingerprint density at radius 3 is 2.52 bits per heavy atom. The molecule has 27 heavy (non-hydrogen) atoms. The second-order valence-corrected chi connectivity index (χ2v) is 5.92. The molecular formula is C19H16N2O6.